The lowest BCUT2D eigenvalue weighted by molar-refractivity contribution is -0.137. The number of rotatable bonds is 5. The topological polar surface area (TPSA) is 72.5 Å². The number of amides is 1. The SMILES string of the molecule is CC1(Cc2ccccc2)CCc2cc(C(=O)NS(=O)(=O)c3cccc(C(F)(F)F)c3)ccc2O1. The van der Waals surface area contributed by atoms with Gasteiger partial charge in [-0.15, -0.1) is 0 Å². The lowest BCUT2D eigenvalue weighted by Gasteiger charge is -2.36. The average molecular weight is 490 g/mol. The van der Waals surface area contributed by atoms with E-state index >= 15 is 0 Å². The molecule has 1 aliphatic rings. The molecular formula is C25H22F3NO4S. The van der Waals surface area contributed by atoms with Crippen molar-refractivity contribution in [3.63, 3.8) is 0 Å². The first kappa shape index (κ1) is 23.8. The number of nitrogens with one attached hydrogen (secondary N) is 1. The molecule has 0 bridgehead atoms. The van der Waals surface area contributed by atoms with Crippen LogP contribution in [0.2, 0.25) is 0 Å². The molecule has 0 saturated heterocycles. The molecule has 4 rings (SSSR count). The molecule has 3 aromatic carbocycles. The number of carbonyl (C=O) groups excluding carboxylic acids is 1. The minimum atomic E-state index is -4.71. The Morgan fingerprint density at radius 1 is 1.03 bits per heavy atom. The Kier molecular flexibility index (Phi) is 6.16. The standard InChI is InChI=1S/C25H22F3NO4S/c1-24(16-17-6-3-2-4-7-17)13-12-18-14-19(10-11-22(18)33-24)23(30)29-34(31,32)21-9-5-8-20(15-21)25(26,27)28/h2-11,14-15H,12-13,16H2,1H3,(H,29,30). The summed E-state index contributed by atoms with van der Waals surface area (Å²) in [6, 6.07) is 17.8. The molecule has 1 amide bonds. The van der Waals surface area contributed by atoms with Crippen molar-refractivity contribution in [3.05, 3.63) is 95.1 Å². The van der Waals surface area contributed by atoms with E-state index in [1.807, 2.05) is 42.0 Å². The van der Waals surface area contributed by atoms with Crippen molar-refractivity contribution in [2.24, 2.45) is 0 Å². The highest BCUT2D eigenvalue weighted by atomic mass is 32.2. The zero-order valence-electron chi connectivity index (χ0n) is 18.2. The number of carbonyl (C=O) groups is 1. The van der Waals surface area contributed by atoms with E-state index in [4.69, 9.17) is 4.74 Å². The quantitative estimate of drug-likeness (QED) is 0.538. The molecular weight excluding hydrogens is 467 g/mol. The van der Waals surface area contributed by atoms with Gasteiger partial charge in [-0.3, -0.25) is 4.79 Å². The maximum Gasteiger partial charge on any atom is 0.416 e. The van der Waals surface area contributed by atoms with Crippen molar-refractivity contribution in [2.75, 3.05) is 0 Å². The molecule has 0 fully saturated rings. The van der Waals surface area contributed by atoms with Crippen LogP contribution in [0.3, 0.4) is 0 Å². The molecule has 9 heteroatoms. The molecule has 1 N–H and O–H groups in total. The summed E-state index contributed by atoms with van der Waals surface area (Å²) in [5, 5.41) is 0. The molecule has 34 heavy (non-hydrogen) atoms. The first-order chi connectivity index (χ1) is 16.0. The van der Waals surface area contributed by atoms with Gasteiger partial charge in [-0.2, -0.15) is 13.2 Å². The number of sulfonamides is 1. The van der Waals surface area contributed by atoms with Crippen molar-refractivity contribution >= 4 is 15.9 Å². The van der Waals surface area contributed by atoms with Crippen LogP contribution in [0.5, 0.6) is 5.75 Å². The summed E-state index contributed by atoms with van der Waals surface area (Å²) in [6.45, 7) is 2.02. The minimum Gasteiger partial charge on any atom is -0.487 e. The fourth-order valence-electron chi connectivity index (χ4n) is 3.96. The average Bonchev–Trinajstić information content (AvgIpc) is 2.78. The molecule has 0 radical (unpaired) electrons. The third-order valence-corrected chi connectivity index (χ3v) is 7.05. The monoisotopic (exact) mass is 489 g/mol. The Morgan fingerprint density at radius 3 is 2.47 bits per heavy atom. The summed E-state index contributed by atoms with van der Waals surface area (Å²) in [6.07, 6.45) is -2.67. The highest BCUT2D eigenvalue weighted by Crippen LogP contribution is 2.36. The zero-order chi connectivity index (χ0) is 24.6. The fraction of sp³-hybridized carbons (Fsp3) is 0.240. The molecule has 1 aliphatic heterocycles. The molecule has 178 valence electrons. The smallest absolute Gasteiger partial charge is 0.416 e. The van der Waals surface area contributed by atoms with E-state index in [-0.39, 0.29) is 5.56 Å². The zero-order valence-corrected chi connectivity index (χ0v) is 19.0. The predicted octanol–water partition coefficient (Wildman–Crippen LogP) is 5.15. The van der Waals surface area contributed by atoms with Crippen LogP contribution >= 0.6 is 0 Å². The molecule has 0 aromatic heterocycles. The second-order valence-corrected chi connectivity index (χ2v) is 10.2. The van der Waals surface area contributed by atoms with E-state index in [1.165, 1.54) is 6.07 Å². The largest absolute Gasteiger partial charge is 0.487 e. The van der Waals surface area contributed by atoms with E-state index in [1.54, 1.807) is 12.1 Å². The van der Waals surface area contributed by atoms with Crippen LogP contribution in [0.15, 0.2) is 77.7 Å². The Labute approximate surface area is 195 Å². The summed E-state index contributed by atoms with van der Waals surface area (Å²) in [5.74, 6) is -0.320. The summed E-state index contributed by atoms with van der Waals surface area (Å²) in [4.78, 5) is 12.0. The Hall–Kier alpha value is -3.33. The van der Waals surface area contributed by atoms with Gasteiger partial charge in [-0.25, -0.2) is 13.1 Å². The normalized spacial score (nSPS) is 18.0. The fourth-order valence-corrected chi connectivity index (χ4v) is 4.98. The number of aryl methyl sites for hydroxylation is 1. The van der Waals surface area contributed by atoms with E-state index in [0.717, 1.165) is 29.3 Å². The van der Waals surface area contributed by atoms with Crippen molar-refractivity contribution in [2.45, 2.75) is 42.9 Å². The van der Waals surface area contributed by atoms with Crippen molar-refractivity contribution < 1.29 is 31.1 Å². The molecule has 1 unspecified atom stereocenters. The van der Waals surface area contributed by atoms with E-state index in [0.29, 0.717) is 31.1 Å². The van der Waals surface area contributed by atoms with Crippen LogP contribution in [0.25, 0.3) is 0 Å². The van der Waals surface area contributed by atoms with Gasteiger partial charge in [0.2, 0.25) is 0 Å². The highest BCUT2D eigenvalue weighted by Gasteiger charge is 2.33. The van der Waals surface area contributed by atoms with E-state index in [2.05, 4.69) is 0 Å². The van der Waals surface area contributed by atoms with E-state index in [9.17, 15) is 26.4 Å². The van der Waals surface area contributed by atoms with Gasteiger partial charge in [0.05, 0.1) is 10.5 Å². The maximum atomic E-state index is 12.9. The van der Waals surface area contributed by atoms with Crippen molar-refractivity contribution in [3.8, 4) is 5.75 Å². The lowest BCUT2D eigenvalue weighted by Crippen LogP contribution is -2.38. The number of hydrogen-bond donors (Lipinski definition) is 1. The van der Waals surface area contributed by atoms with Crippen molar-refractivity contribution in [1.29, 1.82) is 0 Å². The van der Waals surface area contributed by atoms with Gasteiger partial charge >= 0.3 is 6.18 Å². The van der Waals surface area contributed by atoms with Crippen LogP contribution < -0.4 is 9.46 Å². The van der Waals surface area contributed by atoms with Gasteiger partial charge < -0.3 is 4.74 Å². The first-order valence-electron chi connectivity index (χ1n) is 10.6. The molecule has 0 spiro atoms. The van der Waals surface area contributed by atoms with Gasteiger partial charge in [-0.05, 0) is 67.3 Å². The van der Waals surface area contributed by atoms with Crippen LogP contribution in [-0.4, -0.2) is 19.9 Å². The minimum absolute atomic E-state index is 0.0737. The Morgan fingerprint density at radius 2 is 1.76 bits per heavy atom. The number of fused-ring (bicyclic) bond motifs is 1. The molecule has 3 aromatic rings. The summed E-state index contributed by atoms with van der Waals surface area (Å²) >= 11 is 0. The third kappa shape index (κ3) is 5.25. The second-order valence-electron chi connectivity index (χ2n) is 8.50. The number of benzene rings is 3. The van der Waals surface area contributed by atoms with Crippen LogP contribution in [0.1, 0.15) is 40.4 Å². The molecule has 0 saturated carbocycles. The van der Waals surface area contributed by atoms with Gasteiger partial charge in [0.1, 0.15) is 11.4 Å². The maximum absolute atomic E-state index is 12.9. The predicted molar refractivity (Wildman–Crippen MR) is 120 cm³/mol. The van der Waals surface area contributed by atoms with Crippen LogP contribution in [0, 0.1) is 0 Å². The number of alkyl halides is 3. The number of hydrogen-bond acceptors (Lipinski definition) is 4. The van der Waals surface area contributed by atoms with Gasteiger partial charge in [-0.1, -0.05) is 36.4 Å². The van der Waals surface area contributed by atoms with Crippen LogP contribution in [-0.2, 0) is 29.0 Å². The molecule has 5 nitrogen and oxygen atoms in total. The Bertz CT molecular complexity index is 1320. The third-order valence-electron chi connectivity index (χ3n) is 5.72. The molecule has 0 aliphatic carbocycles. The number of halogens is 3. The highest BCUT2D eigenvalue weighted by molar-refractivity contribution is 7.90. The summed E-state index contributed by atoms with van der Waals surface area (Å²) in [7, 11) is -4.50. The first-order valence-corrected chi connectivity index (χ1v) is 12.0. The molecule has 1 atom stereocenters. The lowest BCUT2D eigenvalue weighted by atomic mass is 9.87. The van der Waals surface area contributed by atoms with Gasteiger partial charge in [0.15, 0.2) is 0 Å². The number of ether oxygens (including phenoxy) is 1. The van der Waals surface area contributed by atoms with E-state index < -0.39 is 38.2 Å². The molecule has 1 heterocycles. The Balaban J connectivity index is 1.50. The second kappa shape index (κ2) is 8.79. The van der Waals surface area contributed by atoms with Crippen molar-refractivity contribution in [1.82, 2.24) is 4.72 Å². The van der Waals surface area contributed by atoms with Gasteiger partial charge in [0, 0.05) is 12.0 Å². The van der Waals surface area contributed by atoms with Crippen LogP contribution in [0.4, 0.5) is 13.2 Å². The van der Waals surface area contributed by atoms with Gasteiger partial charge in [0.25, 0.3) is 15.9 Å². The summed E-state index contributed by atoms with van der Waals surface area (Å²) in [5.41, 5.74) is 0.432. The summed E-state index contributed by atoms with van der Waals surface area (Å²) < 4.78 is 71.9.